The van der Waals surface area contributed by atoms with Gasteiger partial charge in [0.05, 0.1) is 0 Å². The van der Waals surface area contributed by atoms with E-state index in [1.807, 2.05) is 7.05 Å². The van der Waals surface area contributed by atoms with Crippen LogP contribution in [0.5, 0.6) is 0 Å². The first-order valence-electron chi connectivity index (χ1n) is 7.82. The van der Waals surface area contributed by atoms with Crippen LogP contribution in [0.15, 0.2) is 21.8 Å². The van der Waals surface area contributed by atoms with E-state index in [1.54, 1.807) is 11.3 Å². The van der Waals surface area contributed by atoms with Crippen molar-refractivity contribution in [3.63, 3.8) is 0 Å². The smallest absolute Gasteiger partial charge is 0.191 e. The molecule has 1 aromatic heterocycles. The lowest BCUT2D eigenvalue weighted by atomic mass is 10.1. The van der Waals surface area contributed by atoms with Gasteiger partial charge in [0, 0.05) is 26.7 Å². The number of likely N-dealkylation sites (N-methyl/N-ethyl adjacent to an activating group) is 1. The molecule has 4 nitrogen and oxygen atoms in total. The van der Waals surface area contributed by atoms with Gasteiger partial charge < -0.3 is 15.5 Å². The molecule has 0 aliphatic carbocycles. The van der Waals surface area contributed by atoms with Crippen LogP contribution in [0.4, 0.5) is 0 Å². The van der Waals surface area contributed by atoms with Gasteiger partial charge in [-0.2, -0.15) is 11.3 Å². The second kappa shape index (κ2) is 10.6. The van der Waals surface area contributed by atoms with Crippen molar-refractivity contribution in [2.75, 3.05) is 40.3 Å². The summed E-state index contributed by atoms with van der Waals surface area (Å²) >= 11 is 1.75. The highest BCUT2D eigenvalue weighted by atomic mass is 32.1. The third kappa shape index (κ3) is 7.48. The Hall–Kier alpha value is -1.07. The van der Waals surface area contributed by atoms with Crippen LogP contribution in [0, 0.1) is 0 Å². The summed E-state index contributed by atoms with van der Waals surface area (Å²) in [5.74, 6) is 1.39. The van der Waals surface area contributed by atoms with Gasteiger partial charge in [-0.3, -0.25) is 4.99 Å². The molecule has 0 bridgehead atoms. The average molecular weight is 311 g/mol. The lowest BCUT2D eigenvalue weighted by Gasteiger charge is -2.19. The fourth-order valence-corrected chi connectivity index (χ4v) is 2.83. The molecule has 1 unspecified atom stereocenters. The second-order valence-electron chi connectivity index (χ2n) is 5.49. The Balaban J connectivity index is 2.20. The van der Waals surface area contributed by atoms with Crippen LogP contribution < -0.4 is 10.6 Å². The van der Waals surface area contributed by atoms with Gasteiger partial charge in [0.15, 0.2) is 5.96 Å². The number of nitrogens with one attached hydrogen (secondary N) is 2. The van der Waals surface area contributed by atoms with Gasteiger partial charge in [0.2, 0.25) is 0 Å². The van der Waals surface area contributed by atoms with Crippen molar-refractivity contribution in [1.82, 2.24) is 15.5 Å². The van der Waals surface area contributed by atoms with Crippen molar-refractivity contribution in [2.45, 2.75) is 32.6 Å². The maximum absolute atomic E-state index is 4.28. The van der Waals surface area contributed by atoms with Crippen LogP contribution >= 0.6 is 11.3 Å². The van der Waals surface area contributed by atoms with Crippen LogP contribution in [0.3, 0.4) is 0 Å². The highest BCUT2D eigenvalue weighted by molar-refractivity contribution is 7.07. The van der Waals surface area contributed by atoms with Gasteiger partial charge in [-0.1, -0.05) is 20.3 Å². The minimum Gasteiger partial charge on any atom is -0.356 e. The molecule has 120 valence electrons. The van der Waals surface area contributed by atoms with Gasteiger partial charge in [0.1, 0.15) is 0 Å². The van der Waals surface area contributed by atoms with Crippen LogP contribution in [0.1, 0.15) is 38.2 Å². The molecule has 0 saturated heterocycles. The van der Waals surface area contributed by atoms with Gasteiger partial charge in [-0.05, 0) is 48.3 Å². The number of hydrogen-bond acceptors (Lipinski definition) is 3. The summed E-state index contributed by atoms with van der Waals surface area (Å²) in [5, 5.41) is 11.1. The fraction of sp³-hybridized carbons (Fsp3) is 0.688. The zero-order valence-electron chi connectivity index (χ0n) is 13.9. The summed E-state index contributed by atoms with van der Waals surface area (Å²) in [6.07, 6.45) is 2.52. The molecule has 1 aromatic rings. The molecular weight excluding hydrogens is 280 g/mol. The number of nitrogens with zero attached hydrogens (tertiary/aromatic N) is 2. The number of guanidine groups is 1. The standard InChI is InChI=1S/C16H30N4S/c1-5-6-9-20(4)10-8-18-16(17-3)19-12-14(2)15-7-11-21-13-15/h7,11,13-14H,5-6,8-10,12H2,1-4H3,(H2,17,18,19). The summed E-state index contributed by atoms with van der Waals surface area (Å²) in [6, 6.07) is 2.19. The molecule has 0 fully saturated rings. The Kier molecular flexibility index (Phi) is 9.10. The molecule has 1 heterocycles. The van der Waals surface area contributed by atoms with Gasteiger partial charge in [-0.15, -0.1) is 0 Å². The Bertz CT molecular complexity index is 389. The summed E-state index contributed by atoms with van der Waals surface area (Å²) in [4.78, 5) is 6.64. The normalized spacial score (nSPS) is 13.5. The molecule has 0 aromatic carbocycles. The summed E-state index contributed by atoms with van der Waals surface area (Å²) in [7, 11) is 4.00. The molecule has 0 aliphatic heterocycles. The van der Waals surface area contributed by atoms with E-state index in [-0.39, 0.29) is 0 Å². The van der Waals surface area contributed by atoms with E-state index < -0.39 is 0 Å². The van der Waals surface area contributed by atoms with Crippen molar-refractivity contribution in [1.29, 1.82) is 0 Å². The lowest BCUT2D eigenvalue weighted by Crippen LogP contribution is -2.42. The van der Waals surface area contributed by atoms with E-state index in [9.17, 15) is 0 Å². The first-order chi connectivity index (χ1) is 10.2. The summed E-state index contributed by atoms with van der Waals surface area (Å²) in [5.41, 5.74) is 1.39. The third-order valence-corrected chi connectivity index (χ3v) is 4.29. The van der Waals surface area contributed by atoms with Crippen molar-refractivity contribution in [2.24, 2.45) is 4.99 Å². The maximum atomic E-state index is 4.28. The predicted molar refractivity (Wildman–Crippen MR) is 94.5 cm³/mol. The monoisotopic (exact) mass is 310 g/mol. The zero-order chi connectivity index (χ0) is 15.5. The van der Waals surface area contributed by atoms with E-state index in [1.165, 1.54) is 24.9 Å². The Morgan fingerprint density at radius 3 is 2.81 bits per heavy atom. The van der Waals surface area contributed by atoms with Crippen LogP contribution in [0.25, 0.3) is 0 Å². The van der Waals surface area contributed by atoms with Crippen molar-refractivity contribution < 1.29 is 0 Å². The van der Waals surface area contributed by atoms with Gasteiger partial charge in [-0.25, -0.2) is 0 Å². The number of rotatable bonds is 9. The molecule has 0 radical (unpaired) electrons. The minimum absolute atomic E-state index is 0.502. The Labute approximate surface area is 133 Å². The van der Waals surface area contributed by atoms with Crippen molar-refractivity contribution in [3.8, 4) is 0 Å². The average Bonchev–Trinajstić information content (AvgIpc) is 3.02. The molecule has 0 spiro atoms. The van der Waals surface area contributed by atoms with E-state index in [2.05, 4.69) is 58.2 Å². The number of hydrogen-bond donors (Lipinski definition) is 2. The molecule has 1 atom stereocenters. The molecular formula is C16H30N4S. The van der Waals surface area contributed by atoms with Gasteiger partial charge in [0.25, 0.3) is 0 Å². The number of aliphatic imine (C=N–C) groups is 1. The van der Waals surface area contributed by atoms with E-state index >= 15 is 0 Å². The number of unbranched alkanes of at least 4 members (excludes halogenated alkanes) is 1. The predicted octanol–water partition coefficient (Wildman–Crippen LogP) is 2.75. The SMILES string of the molecule is CCCCN(C)CCNC(=NC)NCC(C)c1ccsc1. The lowest BCUT2D eigenvalue weighted by molar-refractivity contribution is 0.332. The second-order valence-corrected chi connectivity index (χ2v) is 6.27. The molecule has 0 amide bonds. The first kappa shape index (κ1) is 18.0. The first-order valence-corrected chi connectivity index (χ1v) is 8.76. The molecule has 0 aliphatic rings. The summed E-state index contributed by atoms with van der Waals surface area (Å²) < 4.78 is 0. The van der Waals surface area contributed by atoms with E-state index in [4.69, 9.17) is 0 Å². The van der Waals surface area contributed by atoms with E-state index in [0.717, 1.165) is 25.6 Å². The zero-order valence-corrected chi connectivity index (χ0v) is 14.7. The van der Waals surface area contributed by atoms with Crippen LogP contribution in [0.2, 0.25) is 0 Å². The molecule has 0 saturated carbocycles. The molecule has 21 heavy (non-hydrogen) atoms. The Morgan fingerprint density at radius 1 is 1.38 bits per heavy atom. The highest BCUT2D eigenvalue weighted by Crippen LogP contribution is 2.16. The maximum Gasteiger partial charge on any atom is 0.191 e. The third-order valence-electron chi connectivity index (χ3n) is 3.59. The molecule has 2 N–H and O–H groups in total. The Morgan fingerprint density at radius 2 is 2.19 bits per heavy atom. The van der Waals surface area contributed by atoms with Crippen molar-refractivity contribution in [3.05, 3.63) is 22.4 Å². The van der Waals surface area contributed by atoms with Crippen molar-refractivity contribution >= 4 is 17.3 Å². The summed E-state index contributed by atoms with van der Waals surface area (Å²) in [6.45, 7) is 8.50. The largest absolute Gasteiger partial charge is 0.356 e. The highest BCUT2D eigenvalue weighted by Gasteiger charge is 2.07. The van der Waals surface area contributed by atoms with Crippen LogP contribution in [-0.2, 0) is 0 Å². The topological polar surface area (TPSA) is 39.7 Å². The van der Waals surface area contributed by atoms with Gasteiger partial charge >= 0.3 is 0 Å². The number of thiophene rings is 1. The molecule has 5 heteroatoms. The quantitative estimate of drug-likeness (QED) is 0.544. The van der Waals surface area contributed by atoms with Crippen LogP contribution in [-0.4, -0.2) is 51.1 Å². The molecule has 1 rings (SSSR count). The fourth-order valence-electron chi connectivity index (χ4n) is 2.05. The van der Waals surface area contributed by atoms with E-state index in [0.29, 0.717) is 5.92 Å². The minimum atomic E-state index is 0.502.